The maximum atomic E-state index is 8.72. The summed E-state index contributed by atoms with van der Waals surface area (Å²) in [5, 5.41) is 15.4. The molecule has 0 aromatic rings. The molecular formula is C14H29N3O. The van der Waals surface area contributed by atoms with Crippen LogP contribution in [0, 0.1) is 10.8 Å². The van der Waals surface area contributed by atoms with Crippen molar-refractivity contribution in [3.8, 4) is 0 Å². The molecule has 1 aliphatic rings. The minimum absolute atomic E-state index is 0.239. The van der Waals surface area contributed by atoms with Gasteiger partial charge in [-0.25, -0.2) is 0 Å². The van der Waals surface area contributed by atoms with Crippen molar-refractivity contribution in [3.05, 3.63) is 0 Å². The predicted molar refractivity (Wildman–Crippen MR) is 75.9 cm³/mol. The summed E-state index contributed by atoms with van der Waals surface area (Å²) in [7, 11) is 0. The van der Waals surface area contributed by atoms with Gasteiger partial charge in [-0.2, -0.15) is 0 Å². The van der Waals surface area contributed by atoms with Gasteiger partial charge in [0.2, 0.25) is 0 Å². The van der Waals surface area contributed by atoms with Crippen molar-refractivity contribution in [2.75, 3.05) is 13.1 Å². The first-order valence-electron chi connectivity index (χ1n) is 7.14. The molecule has 0 atom stereocenters. The minimum Gasteiger partial charge on any atom is -0.409 e. The highest BCUT2D eigenvalue weighted by atomic mass is 16.4. The normalized spacial score (nSPS) is 20.3. The molecule has 0 aromatic carbocycles. The van der Waals surface area contributed by atoms with Crippen molar-refractivity contribution < 1.29 is 5.21 Å². The number of hydrogen-bond donors (Lipinski definition) is 3. The van der Waals surface area contributed by atoms with E-state index in [9.17, 15) is 0 Å². The fourth-order valence-electron chi connectivity index (χ4n) is 2.80. The third-order valence-electron chi connectivity index (χ3n) is 4.64. The molecule has 1 saturated carbocycles. The van der Waals surface area contributed by atoms with Crippen molar-refractivity contribution >= 4 is 5.84 Å². The number of rotatable bonds is 7. The lowest BCUT2D eigenvalue weighted by Gasteiger charge is -2.29. The lowest BCUT2D eigenvalue weighted by atomic mass is 9.83. The summed E-state index contributed by atoms with van der Waals surface area (Å²) in [6, 6.07) is 0. The summed E-state index contributed by atoms with van der Waals surface area (Å²) >= 11 is 0. The van der Waals surface area contributed by atoms with Crippen LogP contribution in [-0.4, -0.2) is 24.1 Å². The summed E-state index contributed by atoms with van der Waals surface area (Å²) in [6.07, 6.45) is 7.64. The number of oxime groups is 1. The van der Waals surface area contributed by atoms with Crippen LogP contribution in [-0.2, 0) is 0 Å². The second-order valence-corrected chi connectivity index (χ2v) is 6.36. The summed E-state index contributed by atoms with van der Waals surface area (Å²) in [6.45, 7) is 8.35. The average Bonchev–Trinajstić information content (AvgIpc) is 2.83. The van der Waals surface area contributed by atoms with E-state index in [2.05, 4.69) is 17.4 Å². The van der Waals surface area contributed by atoms with Gasteiger partial charge >= 0.3 is 0 Å². The molecule has 1 rings (SSSR count). The molecule has 0 unspecified atom stereocenters. The van der Waals surface area contributed by atoms with E-state index in [1.54, 1.807) is 0 Å². The number of nitrogens with one attached hydrogen (secondary N) is 1. The zero-order valence-electron chi connectivity index (χ0n) is 12.1. The third kappa shape index (κ3) is 3.87. The molecule has 0 amide bonds. The molecule has 18 heavy (non-hydrogen) atoms. The molecular weight excluding hydrogens is 226 g/mol. The van der Waals surface area contributed by atoms with Crippen LogP contribution in [0.1, 0.15) is 59.3 Å². The molecule has 0 heterocycles. The zero-order chi connectivity index (χ0) is 13.6. The van der Waals surface area contributed by atoms with Crippen LogP contribution >= 0.6 is 0 Å². The van der Waals surface area contributed by atoms with E-state index in [0.717, 1.165) is 19.5 Å². The van der Waals surface area contributed by atoms with Crippen LogP contribution in [0.3, 0.4) is 0 Å². The average molecular weight is 255 g/mol. The lowest BCUT2D eigenvalue weighted by molar-refractivity contribution is 0.263. The first-order chi connectivity index (χ1) is 8.46. The Labute approximate surface area is 111 Å². The van der Waals surface area contributed by atoms with Gasteiger partial charge in [-0.15, -0.1) is 0 Å². The number of nitrogens with two attached hydrogens (primary N) is 1. The Morgan fingerprint density at radius 2 is 2.00 bits per heavy atom. The van der Waals surface area contributed by atoms with Gasteiger partial charge in [0, 0.05) is 12.0 Å². The van der Waals surface area contributed by atoms with Crippen LogP contribution in [0.2, 0.25) is 0 Å². The Morgan fingerprint density at radius 1 is 1.39 bits per heavy atom. The summed E-state index contributed by atoms with van der Waals surface area (Å²) < 4.78 is 0. The van der Waals surface area contributed by atoms with Crippen LogP contribution in [0.4, 0.5) is 0 Å². The van der Waals surface area contributed by atoms with Gasteiger partial charge in [0.15, 0.2) is 0 Å². The lowest BCUT2D eigenvalue weighted by Crippen LogP contribution is -2.37. The highest BCUT2D eigenvalue weighted by Crippen LogP contribution is 2.40. The fraction of sp³-hybridized carbons (Fsp3) is 0.929. The Balaban J connectivity index is 2.30. The van der Waals surface area contributed by atoms with E-state index in [0.29, 0.717) is 11.3 Å². The highest BCUT2D eigenvalue weighted by Gasteiger charge is 2.31. The smallest absolute Gasteiger partial charge is 0.144 e. The van der Waals surface area contributed by atoms with Gasteiger partial charge in [0.05, 0.1) is 0 Å². The van der Waals surface area contributed by atoms with Crippen LogP contribution in [0.25, 0.3) is 0 Å². The number of amidine groups is 1. The summed E-state index contributed by atoms with van der Waals surface area (Å²) in [4.78, 5) is 0. The predicted octanol–water partition coefficient (Wildman–Crippen LogP) is 2.71. The van der Waals surface area contributed by atoms with Gasteiger partial charge in [-0.1, -0.05) is 38.8 Å². The highest BCUT2D eigenvalue weighted by molar-refractivity contribution is 5.85. The van der Waals surface area contributed by atoms with Gasteiger partial charge < -0.3 is 16.3 Å². The van der Waals surface area contributed by atoms with Gasteiger partial charge in [-0.3, -0.25) is 0 Å². The molecule has 0 aliphatic heterocycles. The first-order valence-corrected chi connectivity index (χ1v) is 7.14. The molecule has 0 bridgehead atoms. The summed E-state index contributed by atoms with van der Waals surface area (Å²) in [5.41, 5.74) is 5.97. The zero-order valence-corrected chi connectivity index (χ0v) is 12.1. The second kappa shape index (κ2) is 6.41. The maximum Gasteiger partial charge on any atom is 0.144 e. The summed E-state index contributed by atoms with van der Waals surface area (Å²) in [5.74, 6) is 0.315. The maximum absolute atomic E-state index is 8.72. The van der Waals surface area contributed by atoms with Crippen molar-refractivity contribution in [3.63, 3.8) is 0 Å². The molecule has 106 valence electrons. The molecule has 4 heteroatoms. The Bertz CT molecular complexity index is 281. The van der Waals surface area contributed by atoms with Crippen LogP contribution in [0.5, 0.6) is 0 Å². The van der Waals surface area contributed by atoms with Crippen molar-refractivity contribution in [2.24, 2.45) is 21.7 Å². The van der Waals surface area contributed by atoms with Crippen LogP contribution in [0.15, 0.2) is 5.16 Å². The molecule has 0 radical (unpaired) electrons. The van der Waals surface area contributed by atoms with Gasteiger partial charge in [-0.05, 0) is 37.6 Å². The molecule has 1 aliphatic carbocycles. The van der Waals surface area contributed by atoms with Crippen molar-refractivity contribution in [2.45, 2.75) is 59.3 Å². The monoisotopic (exact) mass is 255 g/mol. The third-order valence-corrected chi connectivity index (χ3v) is 4.64. The first kappa shape index (κ1) is 15.3. The van der Waals surface area contributed by atoms with Gasteiger partial charge in [0.25, 0.3) is 0 Å². The Morgan fingerprint density at radius 3 is 2.50 bits per heavy atom. The molecule has 0 aromatic heterocycles. The fourth-order valence-corrected chi connectivity index (χ4v) is 2.80. The second-order valence-electron chi connectivity index (χ2n) is 6.36. The Kier molecular flexibility index (Phi) is 5.45. The quantitative estimate of drug-likeness (QED) is 0.215. The number of nitrogens with zero attached hydrogens (tertiary/aromatic N) is 1. The molecule has 4 N–H and O–H groups in total. The van der Waals surface area contributed by atoms with Crippen LogP contribution < -0.4 is 11.1 Å². The van der Waals surface area contributed by atoms with E-state index in [1.807, 2.05) is 13.8 Å². The molecule has 0 spiro atoms. The van der Waals surface area contributed by atoms with E-state index < -0.39 is 0 Å². The largest absolute Gasteiger partial charge is 0.409 e. The van der Waals surface area contributed by atoms with Gasteiger partial charge in [0.1, 0.15) is 5.84 Å². The molecule has 4 nitrogen and oxygen atoms in total. The SMILES string of the molecule is CCC1(CNCCC(C)(C)C(N)=NO)CCCC1. The molecule has 0 saturated heterocycles. The molecule has 1 fully saturated rings. The van der Waals surface area contributed by atoms with E-state index in [-0.39, 0.29) is 5.41 Å². The van der Waals surface area contributed by atoms with E-state index in [4.69, 9.17) is 10.9 Å². The van der Waals surface area contributed by atoms with E-state index >= 15 is 0 Å². The Hall–Kier alpha value is -0.770. The standard InChI is InChI=1S/C14H29N3O/c1-4-14(7-5-6-8-14)11-16-10-9-13(2,3)12(15)17-18/h16,18H,4-11H2,1-3H3,(H2,15,17). The topological polar surface area (TPSA) is 70.6 Å². The van der Waals surface area contributed by atoms with Crippen molar-refractivity contribution in [1.82, 2.24) is 5.32 Å². The van der Waals surface area contributed by atoms with Crippen molar-refractivity contribution in [1.29, 1.82) is 0 Å². The number of hydrogen-bond acceptors (Lipinski definition) is 3. The minimum atomic E-state index is -0.239. The van der Waals surface area contributed by atoms with E-state index in [1.165, 1.54) is 32.1 Å².